The van der Waals surface area contributed by atoms with Crippen molar-refractivity contribution >= 4 is 45.7 Å². The Morgan fingerprint density at radius 2 is 1.95 bits per heavy atom. The van der Waals surface area contributed by atoms with Crippen molar-refractivity contribution in [1.29, 1.82) is 0 Å². The van der Waals surface area contributed by atoms with Crippen molar-refractivity contribution in [3.63, 3.8) is 0 Å². The highest BCUT2D eigenvalue weighted by Crippen LogP contribution is 2.45. The van der Waals surface area contributed by atoms with Crippen molar-refractivity contribution in [3.8, 4) is 11.5 Å². The van der Waals surface area contributed by atoms with E-state index in [9.17, 15) is 19.1 Å². The number of amides is 1. The van der Waals surface area contributed by atoms with Gasteiger partial charge in [-0.1, -0.05) is 47.4 Å². The van der Waals surface area contributed by atoms with Gasteiger partial charge in [0.15, 0.2) is 4.34 Å². The Kier molecular flexibility index (Phi) is 7.70. The van der Waals surface area contributed by atoms with Crippen LogP contribution in [0.5, 0.6) is 11.5 Å². The number of benzene rings is 3. The molecule has 6 rings (SSSR count). The Morgan fingerprint density at radius 1 is 1.14 bits per heavy atom. The number of thioether (sulfide) groups is 1. The molecule has 0 spiro atoms. The first-order chi connectivity index (χ1) is 20.3. The normalized spacial score (nSPS) is 19.2. The van der Waals surface area contributed by atoms with Gasteiger partial charge in [-0.2, -0.15) is 0 Å². The van der Waals surface area contributed by atoms with Gasteiger partial charge in [0.05, 0.1) is 18.2 Å². The molecule has 0 radical (unpaired) electrons. The average Bonchev–Trinajstić information content (AvgIpc) is 3.67. The molecule has 42 heavy (non-hydrogen) atoms. The minimum absolute atomic E-state index is 0.0109. The molecular formula is C31H26FN3O5S2. The summed E-state index contributed by atoms with van der Waals surface area (Å²) in [6, 6.07) is 17.6. The van der Waals surface area contributed by atoms with Crippen LogP contribution in [0.3, 0.4) is 0 Å². The monoisotopic (exact) mass is 603 g/mol. The standard InChI is InChI=1S/C31H26FN3O5S2/c1-3-39-23-6-4-5-19(15-23)26-25(27(36)20-9-12-24-21(14-20)13-17(2)40-24)28(37)29(38)35(26)30-33-34-31(42-30)41-16-18-7-10-22(32)11-8-18/h4-12,14-15,17,26,36H,3,13,16H2,1-2H3/b27-25+/t17-,26+/m0/s1. The van der Waals surface area contributed by atoms with Gasteiger partial charge >= 0.3 is 5.91 Å². The van der Waals surface area contributed by atoms with Crippen LogP contribution in [0.2, 0.25) is 0 Å². The van der Waals surface area contributed by atoms with Crippen LogP contribution in [0.4, 0.5) is 9.52 Å². The first-order valence-electron chi connectivity index (χ1n) is 13.4. The van der Waals surface area contributed by atoms with Gasteiger partial charge in [0, 0.05) is 17.7 Å². The molecule has 2 aliphatic heterocycles. The molecule has 1 N–H and O–H groups in total. The number of fused-ring (bicyclic) bond motifs is 1. The van der Waals surface area contributed by atoms with E-state index in [1.54, 1.807) is 54.6 Å². The van der Waals surface area contributed by atoms with Crippen LogP contribution in [0.25, 0.3) is 5.76 Å². The van der Waals surface area contributed by atoms with E-state index in [0.717, 1.165) is 28.2 Å². The first kappa shape index (κ1) is 27.9. The van der Waals surface area contributed by atoms with Gasteiger partial charge in [0.2, 0.25) is 5.13 Å². The zero-order valence-corrected chi connectivity index (χ0v) is 24.4. The van der Waals surface area contributed by atoms with Gasteiger partial charge in [0.1, 0.15) is 29.2 Å². The van der Waals surface area contributed by atoms with Crippen molar-refractivity contribution in [2.45, 2.75) is 42.5 Å². The molecule has 1 fully saturated rings. The number of aliphatic hydroxyl groups excluding tert-OH is 1. The molecule has 1 aromatic heterocycles. The summed E-state index contributed by atoms with van der Waals surface area (Å²) in [5, 5.41) is 20.3. The van der Waals surface area contributed by atoms with E-state index in [4.69, 9.17) is 9.47 Å². The van der Waals surface area contributed by atoms with Crippen LogP contribution in [-0.4, -0.2) is 39.7 Å². The van der Waals surface area contributed by atoms with E-state index in [-0.39, 0.29) is 28.4 Å². The number of Topliss-reactive ketones (excluding diaryl/α,β-unsaturated/α-hetero) is 1. The van der Waals surface area contributed by atoms with Crippen LogP contribution in [0.1, 0.15) is 42.1 Å². The summed E-state index contributed by atoms with van der Waals surface area (Å²) >= 11 is 2.55. The van der Waals surface area contributed by atoms with Gasteiger partial charge in [-0.25, -0.2) is 4.39 Å². The third-order valence-corrected chi connectivity index (χ3v) is 9.10. The number of hydrogen-bond acceptors (Lipinski definition) is 9. The van der Waals surface area contributed by atoms with E-state index in [1.165, 1.54) is 28.8 Å². The molecule has 3 aromatic carbocycles. The molecular weight excluding hydrogens is 577 g/mol. The molecule has 0 saturated carbocycles. The second-order valence-electron chi connectivity index (χ2n) is 9.90. The lowest BCUT2D eigenvalue weighted by Crippen LogP contribution is -2.29. The predicted octanol–water partition coefficient (Wildman–Crippen LogP) is 6.32. The van der Waals surface area contributed by atoms with Crippen LogP contribution in [-0.2, 0) is 21.8 Å². The quantitative estimate of drug-likeness (QED) is 0.0821. The molecule has 214 valence electrons. The Balaban J connectivity index is 1.39. The highest BCUT2D eigenvalue weighted by atomic mass is 32.2. The number of aliphatic hydroxyl groups is 1. The number of halogens is 1. The van der Waals surface area contributed by atoms with Gasteiger partial charge < -0.3 is 14.6 Å². The fourth-order valence-corrected chi connectivity index (χ4v) is 6.92. The van der Waals surface area contributed by atoms with Gasteiger partial charge in [-0.15, -0.1) is 10.2 Å². The molecule has 0 unspecified atom stereocenters. The second kappa shape index (κ2) is 11.6. The minimum Gasteiger partial charge on any atom is -0.507 e. The molecule has 2 aliphatic rings. The summed E-state index contributed by atoms with van der Waals surface area (Å²) in [5.74, 6) is -0.396. The molecule has 11 heteroatoms. The number of rotatable bonds is 8. The summed E-state index contributed by atoms with van der Waals surface area (Å²) in [6.07, 6.45) is 0.685. The van der Waals surface area contributed by atoms with Crippen LogP contribution < -0.4 is 14.4 Å². The molecule has 0 aliphatic carbocycles. The van der Waals surface area contributed by atoms with Crippen molar-refractivity contribution < 1.29 is 28.6 Å². The van der Waals surface area contributed by atoms with E-state index in [1.807, 2.05) is 13.8 Å². The topological polar surface area (TPSA) is 102 Å². The second-order valence-corrected chi connectivity index (χ2v) is 12.1. The van der Waals surface area contributed by atoms with Crippen LogP contribution >= 0.6 is 23.1 Å². The smallest absolute Gasteiger partial charge is 0.301 e. The van der Waals surface area contributed by atoms with Gasteiger partial charge in [-0.05, 0) is 73.0 Å². The SMILES string of the molecule is CCOc1cccc([C@@H]2/C(=C(\O)c3ccc4c(c3)C[C@H](C)O4)C(=O)C(=O)N2c2nnc(SCc3ccc(F)cc3)s2)c1. The maximum absolute atomic E-state index is 13.6. The van der Waals surface area contributed by atoms with Gasteiger partial charge in [-0.3, -0.25) is 14.5 Å². The highest BCUT2D eigenvalue weighted by Gasteiger charge is 2.48. The maximum Gasteiger partial charge on any atom is 0.301 e. The molecule has 0 bridgehead atoms. The number of ketones is 1. The fraction of sp³-hybridized carbons (Fsp3) is 0.226. The Labute approximate surface area is 249 Å². The van der Waals surface area contributed by atoms with Crippen molar-refractivity contribution in [2.24, 2.45) is 0 Å². The van der Waals surface area contributed by atoms with E-state index >= 15 is 0 Å². The highest BCUT2D eigenvalue weighted by molar-refractivity contribution is 8.00. The number of carbonyl (C=O) groups is 2. The number of nitrogens with zero attached hydrogens (tertiary/aromatic N) is 3. The molecule has 1 amide bonds. The van der Waals surface area contributed by atoms with E-state index in [2.05, 4.69) is 10.2 Å². The molecule has 1 saturated heterocycles. The summed E-state index contributed by atoms with van der Waals surface area (Å²) < 4.78 is 25.3. The Morgan fingerprint density at radius 3 is 2.74 bits per heavy atom. The molecule has 8 nitrogen and oxygen atoms in total. The molecule has 2 atom stereocenters. The van der Waals surface area contributed by atoms with Crippen molar-refractivity contribution in [3.05, 3.63) is 100 Å². The third kappa shape index (κ3) is 5.37. The first-order valence-corrected chi connectivity index (χ1v) is 15.2. The number of anilines is 1. The third-order valence-electron chi connectivity index (χ3n) is 6.98. The zero-order chi connectivity index (χ0) is 29.4. The summed E-state index contributed by atoms with van der Waals surface area (Å²) in [7, 11) is 0. The number of aromatic nitrogens is 2. The molecule has 4 aromatic rings. The predicted molar refractivity (Wildman–Crippen MR) is 158 cm³/mol. The van der Waals surface area contributed by atoms with E-state index in [0.29, 0.717) is 40.0 Å². The Hall–Kier alpha value is -4.22. The van der Waals surface area contributed by atoms with Crippen molar-refractivity contribution in [1.82, 2.24) is 10.2 Å². The lowest BCUT2D eigenvalue weighted by atomic mass is 9.94. The van der Waals surface area contributed by atoms with Crippen LogP contribution in [0.15, 0.2) is 76.6 Å². The minimum atomic E-state index is -0.961. The summed E-state index contributed by atoms with van der Waals surface area (Å²) in [6.45, 7) is 4.26. The molecule has 3 heterocycles. The fourth-order valence-electron chi connectivity index (χ4n) is 5.10. The van der Waals surface area contributed by atoms with Crippen molar-refractivity contribution in [2.75, 3.05) is 11.5 Å². The largest absolute Gasteiger partial charge is 0.507 e. The lowest BCUT2D eigenvalue weighted by Gasteiger charge is -2.23. The zero-order valence-electron chi connectivity index (χ0n) is 22.7. The van der Waals surface area contributed by atoms with E-state index < -0.39 is 17.7 Å². The number of ether oxygens (including phenoxy) is 2. The lowest BCUT2D eigenvalue weighted by molar-refractivity contribution is -0.132. The number of carbonyl (C=O) groups excluding carboxylic acids is 2. The average molecular weight is 604 g/mol. The number of hydrogen-bond donors (Lipinski definition) is 1. The maximum atomic E-state index is 13.6. The van der Waals surface area contributed by atoms with Gasteiger partial charge in [0.25, 0.3) is 5.78 Å². The summed E-state index contributed by atoms with van der Waals surface area (Å²) in [5.41, 5.74) is 2.78. The van der Waals surface area contributed by atoms with Crippen LogP contribution in [0, 0.1) is 5.82 Å². The Bertz CT molecular complexity index is 1700. The summed E-state index contributed by atoms with van der Waals surface area (Å²) in [4.78, 5) is 28.4.